The highest BCUT2D eigenvalue weighted by atomic mass is 32.2. The Morgan fingerprint density at radius 2 is 1.96 bits per heavy atom. The Hall–Kier alpha value is -1.65. The van der Waals surface area contributed by atoms with Crippen molar-refractivity contribution in [3.63, 3.8) is 0 Å². The van der Waals surface area contributed by atoms with E-state index in [1.807, 2.05) is 0 Å². The van der Waals surface area contributed by atoms with E-state index < -0.39 is 27.2 Å². The summed E-state index contributed by atoms with van der Waals surface area (Å²) in [5, 5.41) is 4.44. The first-order valence-electron chi connectivity index (χ1n) is 7.50. The number of rotatable bonds is 5. The van der Waals surface area contributed by atoms with E-state index in [4.69, 9.17) is 0 Å². The minimum Gasteiger partial charge on any atom is -0.341 e. The number of imide groups is 1. The highest BCUT2D eigenvalue weighted by Crippen LogP contribution is 2.24. The lowest BCUT2D eigenvalue weighted by Crippen LogP contribution is -2.41. The monoisotopic (exact) mass is 372 g/mol. The molecule has 1 fully saturated rings. The second kappa shape index (κ2) is 7.95. The number of amides is 3. The Morgan fingerprint density at radius 3 is 2.50 bits per heavy atom. The Balaban J connectivity index is 2.01. The van der Waals surface area contributed by atoms with Gasteiger partial charge in [-0.3, -0.25) is 10.1 Å². The van der Waals surface area contributed by atoms with Gasteiger partial charge >= 0.3 is 6.03 Å². The van der Waals surface area contributed by atoms with Gasteiger partial charge in [0.15, 0.2) is 0 Å². The van der Waals surface area contributed by atoms with E-state index in [1.165, 1.54) is 23.6 Å². The van der Waals surface area contributed by atoms with Crippen molar-refractivity contribution < 1.29 is 18.0 Å². The molecule has 3 amide bonds. The van der Waals surface area contributed by atoms with Crippen LogP contribution in [0.25, 0.3) is 0 Å². The molecular weight excluding hydrogens is 352 g/mol. The van der Waals surface area contributed by atoms with Crippen molar-refractivity contribution in [2.24, 2.45) is 0 Å². The number of aromatic nitrogens is 1. The van der Waals surface area contributed by atoms with Crippen molar-refractivity contribution in [3.8, 4) is 0 Å². The summed E-state index contributed by atoms with van der Waals surface area (Å²) in [4.78, 5) is 27.2. The molecule has 0 spiro atoms. The maximum Gasteiger partial charge on any atom is 0.321 e. The first-order chi connectivity index (χ1) is 11.3. The number of sulfonamides is 1. The number of thioether (sulfide) groups is 1. The molecule has 1 saturated heterocycles. The van der Waals surface area contributed by atoms with Gasteiger partial charge in [0.1, 0.15) is 4.90 Å². The van der Waals surface area contributed by atoms with Crippen LogP contribution in [0.1, 0.15) is 19.8 Å². The van der Waals surface area contributed by atoms with Crippen LogP contribution in [0.5, 0.6) is 0 Å². The summed E-state index contributed by atoms with van der Waals surface area (Å²) in [6.45, 7) is 2.71. The van der Waals surface area contributed by atoms with E-state index in [0.717, 1.165) is 24.6 Å². The third kappa shape index (κ3) is 4.46. The van der Waals surface area contributed by atoms with Gasteiger partial charge in [-0.15, -0.1) is 0 Å². The van der Waals surface area contributed by atoms with Crippen LogP contribution in [0.4, 0.5) is 4.79 Å². The largest absolute Gasteiger partial charge is 0.341 e. The van der Waals surface area contributed by atoms with Gasteiger partial charge < -0.3 is 5.32 Å². The van der Waals surface area contributed by atoms with Crippen molar-refractivity contribution in [2.75, 3.05) is 20.1 Å². The number of urea groups is 1. The van der Waals surface area contributed by atoms with Gasteiger partial charge in [0.05, 0.1) is 10.3 Å². The molecule has 1 atom stereocenters. The summed E-state index contributed by atoms with van der Waals surface area (Å²) in [6, 6.07) is 2.48. The van der Waals surface area contributed by atoms with E-state index in [0.29, 0.717) is 18.1 Å². The van der Waals surface area contributed by atoms with Crippen molar-refractivity contribution >= 4 is 33.7 Å². The molecule has 24 heavy (non-hydrogen) atoms. The van der Waals surface area contributed by atoms with Crippen LogP contribution in [0.3, 0.4) is 0 Å². The van der Waals surface area contributed by atoms with Crippen molar-refractivity contribution in [1.29, 1.82) is 0 Å². The zero-order valence-electron chi connectivity index (χ0n) is 13.5. The molecular formula is C14H20N4O4S2. The molecule has 1 aliphatic heterocycles. The quantitative estimate of drug-likeness (QED) is 0.740. The molecule has 1 aromatic heterocycles. The fourth-order valence-electron chi connectivity index (χ4n) is 2.18. The van der Waals surface area contributed by atoms with Gasteiger partial charge in [-0.2, -0.15) is 4.31 Å². The Labute approximate surface area is 145 Å². The molecule has 0 unspecified atom stereocenters. The Morgan fingerprint density at radius 1 is 1.29 bits per heavy atom. The normalized spacial score (nSPS) is 16.6. The second-order valence-corrected chi connectivity index (χ2v) is 8.57. The van der Waals surface area contributed by atoms with Crippen LogP contribution in [-0.4, -0.2) is 55.0 Å². The van der Waals surface area contributed by atoms with Gasteiger partial charge in [0.2, 0.25) is 15.9 Å². The zero-order valence-corrected chi connectivity index (χ0v) is 15.1. The van der Waals surface area contributed by atoms with Crippen LogP contribution < -0.4 is 10.6 Å². The standard InChI is InChI=1S/C14H20N4O4S2/c1-10(13(19)17-14(20)15-2)23-12-6-5-11(9-16-12)24(21,22)18-7-3-4-8-18/h5-6,9-10H,3-4,7-8H2,1-2H3,(H2,15,17,19,20)/t10-/m1/s1. The molecule has 0 bridgehead atoms. The highest BCUT2D eigenvalue weighted by Gasteiger charge is 2.27. The Kier molecular flexibility index (Phi) is 6.19. The lowest BCUT2D eigenvalue weighted by Gasteiger charge is -2.15. The predicted octanol–water partition coefficient (Wildman–Crippen LogP) is 0.802. The van der Waals surface area contributed by atoms with Gasteiger partial charge in [0.25, 0.3) is 0 Å². The number of carbonyl (C=O) groups excluding carboxylic acids is 2. The third-order valence-electron chi connectivity index (χ3n) is 3.54. The average molecular weight is 372 g/mol. The number of nitrogens with zero attached hydrogens (tertiary/aromatic N) is 2. The van der Waals surface area contributed by atoms with E-state index in [-0.39, 0.29) is 4.90 Å². The summed E-state index contributed by atoms with van der Waals surface area (Å²) in [6.07, 6.45) is 3.05. The van der Waals surface area contributed by atoms with Crippen LogP contribution in [-0.2, 0) is 14.8 Å². The Bertz CT molecular complexity index is 700. The van der Waals surface area contributed by atoms with E-state index in [2.05, 4.69) is 15.6 Å². The molecule has 0 saturated carbocycles. The third-order valence-corrected chi connectivity index (χ3v) is 6.48. The van der Waals surface area contributed by atoms with Gasteiger partial charge in [0, 0.05) is 26.3 Å². The number of hydrogen-bond acceptors (Lipinski definition) is 6. The van der Waals surface area contributed by atoms with E-state index in [9.17, 15) is 18.0 Å². The minimum absolute atomic E-state index is 0.149. The fourth-order valence-corrected chi connectivity index (χ4v) is 4.43. The molecule has 0 aliphatic carbocycles. The lowest BCUT2D eigenvalue weighted by molar-refractivity contribution is -0.119. The molecule has 8 nitrogen and oxygen atoms in total. The molecule has 1 aromatic rings. The summed E-state index contributed by atoms with van der Waals surface area (Å²) in [7, 11) is -2.07. The molecule has 10 heteroatoms. The number of hydrogen-bond donors (Lipinski definition) is 2. The van der Waals surface area contributed by atoms with Gasteiger partial charge in [-0.25, -0.2) is 18.2 Å². The van der Waals surface area contributed by atoms with Crippen molar-refractivity contribution in [1.82, 2.24) is 19.9 Å². The predicted molar refractivity (Wildman–Crippen MR) is 90.1 cm³/mol. The lowest BCUT2D eigenvalue weighted by atomic mass is 10.4. The smallest absolute Gasteiger partial charge is 0.321 e. The molecule has 1 aliphatic rings. The first-order valence-corrected chi connectivity index (χ1v) is 9.82. The second-order valence-electron chi connectivity index (χ2n) is 5.27. The molecule has 0 aromatic carbocycles. The SMILES string of the molecule is CNC(=O)NC(=O)[C@@H](C)Sc1ccc(S(=O)(=O)N2CCCC2)cn1. The number of carbonyl (C=O) groups is 2. The molecule has 2 heterocycles. The average Bonchev–Trinajstić information content (AvgIpc) is 3.10. The van der Waals surface area contributed by atoms with Crippen LogP contribution in [0, 0.1) is 0 Å². The number of nitrogens with one attached hydrogen (secondary N) is 2. The summed E-state index contributed by atoms with van der Waals surface area (Å²) >= 11 is 1.14. The summed E-state index contributed by atoms with van der Waals surface area (Å²) < 4.78 is 26.3. The van der Waals surface area contributed by atoms with Crippen LogP contribution in [0.2, 0.25) is 0 Å². The molecule has 2 rings (SSSR count). The number of pyridine rings is 1. The summed E-state index contributed by atoms with van der Waals surface area (Å²) in [5.74, 6) is -0.449. The minimum atomic E-state index is -3.49. The molecule has 132 valence electrons. The molecule has 0 radical (unpaired) electrons. The fraction of sp³-hybridized carbons (Fsp3) is 0.500. The topological polar surface area (TPSA) is 108 Å². The highest BCUT2D eigenvalue weighted by molar-refractivity contribution is 8.00. The summed E-state index contributed by atoms with van der Waals surface area (Å²) in [5.41, 5.74) is 0. The van der Waals surface area contributed by atoms with Crippen molar-refractivity contribution in [3.05, 3.63) is 18.3 Å². The maximum absolute atomic E-state index is 12.4. The van der Waals surface area contributed by atoms with E-state index >= 15 is 0 Å². The zero-order chi connectivity index (χ0) is 17.7. The van der Waals surface area contributed by atoms with Crippen LogP contribution in [0.15, 0.2) is 28.3 Å². The van der Waals surface area contributed by atoms with Gasteiger partial charge in [-0.1, -0.05) is 11.8 Å². The first kappa shape index (κ1) is 18.7. The van der Waals surface area contributed by atoms with E-state index in [1.54, 1.807) is 13.0 Å². The van der Waals surface area contributed by atoms with Gasteiger partial charge in [-0.05, 0) is 31.9 Å². The maximum atomic E-state index is 12.4. The van der Waals surface area contributed by atoms with Crippen molar-refractivity contribution in [2.45, 2.75) is 34.9 Å². The molecule has 2 N–H and O–H groups in total. The van der Waals surface area contributed by atoms with Crippen LogP contribution >= 0.6 is 11.8 Å².